The van der Waals surface area contributed by atoms with Crippen LogP contribution in [-0.2, 0) is 20.7 Å². The van der Waals surface area contributed by atoms with Crippen molar-refractivity contribution >= 4 is 23.2 Å². The molecule has 1 saturated heterocycles. The summed E-state index contributed by atoms with van der Waals surface area (Å²) in [6, 6.07) is 4.02. The van der Waals surface area contributed by atoms with E-state index in [-0.39, 0.29) is 23.8 Å². The Morgan fingerprint density at radius 3 is 3.05 bits per heavy atom. The lowest BCUT2D eigenvalue weighted by Crippen LogP contribution is -2.52. The van der Waals surface area contributed by atoms with Crippen LogP contribution in [0.4, 0.5) is 0 Å². The summed E-state index contributed by atoms with van der Waals surface area (Å²) in [5.41, 5.74) is 0. The van der Waals surface area contributed by atoms with E-state index in [9.17, 15) is 9.59 Å². The molecule has 2 rings (SSSR count). The first-order chi connectivity index (χ1) is 10.6. The van der Waals surface area contributed by atoms with Gasteiger partial charge in [-0.2, -0.15) is 0 Å². The average Bonchev–Trinajstić information content (AvgIpc) is 3.00. The van der Waals surface area contributed by atoms with Crippen LogP contribution in [-0.4, -0.2) is 49.6 Å². The van der Waals surface area contributed by atoms with E-state index in [1.165, 1.54) is 4.88 Å². The van der Waals surface area contributed by atoms with Crippen molar-refractivity contribution < 1.29 is 14.3 Å². The van der Waals surface area contributed by atoms with Gasteiger partial charge in [0.15, 0.2) is 0 Å². The van der Waals surface area contributed by atoms with Gasteiger partial charge in [0, 0.05) is 37.5 Å². The normalized spacial score (nSPS) is 21.9. The van der Waals surface area contributed by atoms with Crippen LogP contribution in [0, 0.1) is 5.92 Å². The van der Waals surface area contributed by atoms with Crippen molar-refractivity contribution in [2.24, 2.45) is 5.92 Å². The number of thiophene rings is 1. The predicted octanol–water partition coefficient (Wildman–Crippen LogP) is 1.68. The van der Waals surface area contributed by atoms with Gasteiger partial charge in [-0.25, -0.2) is 0 Å². The highest BCUT2D eigenvalue weighted by Crippen LogP contribution is 2.24. The number of amides is 2. The number of hydrogen-bond acceptors (Lipinski definition) is 4. The molecule has 1 aromatic rings. The maximum absolute atomic E-state index is 12.4. The number of nitrogens with zero attached hydrogens (tertiary/aromatic N) is 1. The molecule has 0 unspecified atom stereocenters. The Hall–Kier alpha value is -1.40. The summed E-state index contributed by atoms with van der Waals surface area (Å²) in [6.07, 6.45) is 1.93. The van der Waals surface area contributed by atoms with Gasteiger partial charge in [0.2, 0.25) is 11.8 Å². The molecule has 2 amide bonds. The smallest absolute Gasteiger partial charge is 0.225 e. The Kier molecular flexibility index (Phi) is 6.39. The number of piperidine rings is 1. The first-order valence-electron chi connectivity index (χ1n) is 7.72. The second kappa shape index (κ2) is 8.29. The molecule has 22 heavy (non-hydrogen) atoms. The summed E-state index contributed by atoms with van der Waals surface area (Å²) < 4.78 is 5.05. The van der Waals surface area contributed by atoms with Crippen molar-refractivity contribution in [1.29, 1.82) is 0 Å². The van der Waals surface area contributed by atoms with Crippen molar-refractivity contribution in [2.75, 3.05) is 26.8 Å². The summed E-state index contributed by atoms with van der Waals surface area (Å²) in [4.78, 5) is 27.4. The number of hydrogen-bond donors (Lipinski definition) is 1. The van der Waals surface area contributed by atoms with Crippen molar-refractivity contribution in [3.05, 3.63) is 22.4 Å². The molecule has 0 aromatic carbocycles. The topological polar surface area (TPSA) is 58.6 Å². The van der Waals surface area contributed by atoms with E-state index < -0.39 is 0 Å². The van der Waals surface area contributed by atoms with Crippen molar-refractivity contribution in [1.82, 2.24) is 10.2 Å². The molecule has 122 valence electrons. The van der Waals surface area contributed by atoms with Gasteiger partial charge in [0.05, 0.1) is 12.5 Å². The lowest BCUT2D eigenvalue weighted by Gasteiger charge is -2.38. The molecule has 0 spiro atoms. The zero-order valence-electron chi connectivity index (χ0n) is 13.2. The summed E-state index contributed by atoms with van der Waals surface area (Å²) >= 11 is 1.70. The lowest BCUT2D eigenvalue weighted by atomic mass is 9.89. The Balaban J connectivity index is 1.84. The molecule has 1 aliphatic rings. The second-order valence-electron chi connectivity index (χ2n) is 5.59. The maximum atomic E-state index is 12.4. The van der Waals surface area contributed by atoms with Gasteiger partial charge in [-0.15, -0.1) is 11.3 Å². The second-order valence-corrected chi connectivity index (χ2v) is 6.62. The zero-order valence-corrected chi connectivity index (χ0v) is 14.0. The van der Waals surface area contributed by atoms with E-state index in [1.54, 1.807) is 23.3 Å². The molecule has 1 fully saturated rings. The van der Waals surface area contributed by atoms with Gasteiger partial charge in [-0.1, -0.05) is 6.07 Å². The fraction of sp³-hybridized carbons (Fsp3) is 0.625. The van der Waals surface area contributed by atoms with Gasteiger partial charge >= 0.3 is 0 Å². The quantitative estimate of drug-likeness (QED) is 0.830. The van der Waals surface area contributed by atoms with Crippen LogP contribution >= 0.6 is 11.3 Å². The number of rotatable bonds is 7. The zero-order chi connectivity index (χ0) is 15.9. The maximum Gasteiger partial charge on any atom is 0.225 e. The minimum absolute atomic E-state index is 0.0546. The van der Waals surface area contributed by atoms with E-state index >= 15 is 0 Å². The van der Waals surface area contributed by atoms with Crippen molar-refractivity contribution in [3.63, 3.8) is 0 Å². The third kappa shape index (κ3) is 4.30. The molecule has 1 aliphatic heterocycles. The highest BCUT2D eigenvalue weighted by atomic mass is 32.1. The van der Waals surface area contributed by atoms with Crippen LogP contribution in [0.5, 0.6) is 0 Å². The molecule has 2 heterocycles. The van der Waals surface area contributed by atoms with E-state index in [1.807, 2.05) is 18.4 Å². The molecule has 0 saturated carbocycles. The van der Waals surface area contributed by atoms with Gasteiger partial charge in [-0.05, 0) is 31.2 Å². The monoisotopic (exact) mass is 324 g/mol. The Morgan fingerprint density at radius 1 is 1.55 bits per heavy atom. The van der Waals surface area contributed by atoms with Gasteiger partial charge in [0.1, 0.15) is 0 Å². The minimum Gasteiger partial charge on any atom is -0.383 e. The number of ether oxygens (including phenoxy) is 1. The van der Waals surface area contributed by atoms with Crippen LogP contribution in [0.2, 0.25) is 0 Å². The van der Waals surface area contributed by atoms with E-state index in [0.29, 0.717) is 32.5 Å². The van der Waals surface area contributed by atoms with Crippen molar-refractivity contribution in [3.8, 4) is 0 Å². The first-order valence-corrected chi connectivity index (χ1v) is 8.60. The average molecular weight is 324 g/mol. The summed E-state index contributed by atoms with van der Waals surface area (Å²) in [5.74, 6) is 0.0454. The Morgan fingerprint density at radius 2 is 2.36 bits per heavy atom. The fourth-order valence-electron chi connectivity index (χ4n) is 2.87. The molecule has 1 N–H and O–H groups in total. The highest BCUT2D eigenvalue weighted by molar-refractivity contribution is 7.09. The Labute approximate surface area is 135 Å². The Bertz CT molecular complexity index is 490. The molecule has 5 nitrogen and oxygen atoms in total. The molecule has 0 radical (unpaired) electrons. The van der Waals surface area contributed by atoms with E-state index in [0.717, 1.165) is 6.42 Å². The molecule has 2 atom stereocenters. The SMILES string of the molecule is COCCN1C(=O)CC[C@@H](C(=O)NCCc2cccs2)[C@H]1C. The van der Waals surface area contributed by atoms with Crippen LogP contribution in [0.1, 0.15) is 24.6 Å². The number of carbonyl (C=O) groups excluding carboxylic acids is 2. The van der Waals surface area contributed by atoms with Crippen LogP contribution in [0.3, 0.4) is 0 Å². The number of likely N-dealkylation sites (tertiary alicyclic amines) is 1. The van der Waals surface area contributed by atoms with Gasteiger partial charge in [0.25, 0.3) is 0 Å². The van der Waals surface area contributed by atoms with Gasteiger partial charge < -0.3 is 15.0 Å². The molecule has 0 aliphatic carbocycles. The largest absolute Gasteiger partial charge is 0.383 e. The molecular formula is C16H24N2O3S. The summed E-state index contributed by atoms with van der Waals surface area (Å²) in [5, 5.41) is 5.05. The summed E-state index contributed by atoms with van der Waals surface area (Å²) in [7, 11) is 1.62. The first kappa shape index (κ1) is 17.0. The number of methoxy groups -OCH3 is 1. The molecule has 0 bridgehead atoms. The van der Waals surface area contributed by atoms with Crippen LogP contribution in [0.15, 0.2) is 17.5 Å². The van der Waals surface area contributed by atoms with Crippen molar-refractivity contribution in [2.45, 2.75) is 32.2 Å². The third-order valence-electron chi connectivity index (χ3n) is 4.19. The lowest BCUT2D eigenvalue weighted by molar-refractivity contribution is -0.143. The van der Waals surface area contributed by atoms with Gasteiger partial charge in [-0.3, -0.25) is 9.59 Å². The van der Waals surface area contributed by atoms with Crippen LogP contribution in [0.25, 0.3) is 0 Å². The number of nitrogens with one attached hydrogen (secondary N) is 1. The third-order valence-corrected chi connectivity index (χ3v) is 5.12. The predicted molar refractivity (Wildman–Crippen MR) is 86.8 cm³/mol. The van der Waals surface area contributed by atoms with E-state index in [2.05, 4.69) is 11.4 Å². The molecular weight excluding hydrogens is 300 g/mol. The molecule has 1 aromatic heterocycles. The number of carbonyl (C=O) groups is 2. The van der Waals surface area contributed by atoms with E-state index in [4.69, 9.17) is 4.74 Å². The highest BCUT2D eigenvalue weighted by Gasteiger charge is 2.36. The van der Waals surface area contributed by atoms with Crippen LogP contribution < -0.4 is 5.32 Å². The standard InChI is InChI=1S/C16H24N2O3S/c1-12-14(5-6-15(19)18(12)9-10-21-2)16(20)17-8-7-13-4-3-11-22-13/h3-4,11-12,14H,5-10H2,1-2H3,(H,17,20)/t12-,14-/m1/s1. The fourth-order valence-corrected chi connectivity index (χ4v) is 3.58. The minimum atomic E-state index is -0.127. The molecule has 6 heteroatoms. The summed E-state index contributed by atoms with van der Waals surface area (Å²) in [6.45, 7) is 3.66.